The Morgan fingerprint density at radius 2 is 2.05 bits per heavy atom. The molecule has 0 radical (unpaired) electrons. The van der Waals surface area contributed by atoms with Gasteiger partial charge in [-0.3, -0.25) is 4.79 Å². The van der Waals surface area contributed by atoms with Gasteiger partial charge in [-0.25, -0.2) is 0 Å². The first-order chi connectivity index (χ1) is 9.42. The molecule has 0 saturated heterocycles. The highest BCUT2D eigenvalue weighted by atomic mass is 16.2. The van der Waals surface area contributed by atoms with E-state index in [0.29, 0.717) is 12.0 Å². The zero-order valence-corrected chi connectivity index (χ0v) is 13.0. The molecule has 0 unspecified atom stereocenters. The molecule has 0 aliphatic heterocycles. The predicted molar refractivity (Wildman–Crippen MR) is 82.8 cm³/mol. The van der Waals surface area contributed by atoms with Crippen molar-refractivity contribution in [3.8, 4) is 0 Å². The van der Waals surface area contributed by atoms with Crippen LogP contribution in [-0.4, -0.2) is 25.5 Å². The molecule has 1 saturated carbocycles. The molecular formula is C17H26N2O. The van der Waals surface area contributed by atoms with Gasteiger partial charge in [0, 0.05) is 19.6 Å². The van der Waals surface area contributed by atoms with Crippen molar-refractivity contribution in [1.82, 2.24) is 10.6 Å². The molecule has 1 aliphatic carbocycles. The molecule has 0 heterocycles. The van der Waals surface area contributed by atoms with Crippen LogP contribution >= 0.6 is 0 Å². The van der Waals surface area contributed by atoms with E-state index in [2.05, 4.69) is 41.8 Å². The molecular weight excluding hydrogens is 248 g/mol. The first kappa shape index (κ1) is 15.0. The lowest BCUT2D eigenvalue weighted by molar-refractivity contribution is -0.128. The number of amides is 1. The van der Waals surface area contributed by atoms with Gasteiger partial charge in [0.25, 0.3) is 0 Å². The minimum Gasteiger partial charge on any atom is -0.359 e. The summed E-state index contributed by atoms with van der Waals surface area (Å²) in [4.78, 5) is 11.7. The molecule has 110 valence electrons. The van der Waals surface area contributed by atoms with E-state index >= 15 is 0 Å². The van der Waals surface area contributed by atoms with Crippen LogP contribution in [0.5, 0.6) is 0 Å². The molecule has 0 bridgehead atoms. The molecule has 2 N–H and O–H groups in total. The Hall–Kier alpha value is -1.35. The van der Waals surface area contributed by atoms with Crippen LogP contribution in [0.25, 0.3) is 0 Å². The summed E-state index contributed by atoms with van der Waals surface area (Å²) in [5.41, 5.74) is 2.44. The van der Waals surface area contributed by atoms with Crippen molar-refractivity contribution in [3.05, 3.63) is 35.4 Å². The molecule has 0 spiro atoms. The molecule has 20 heavy (non-hydrogen) atoms. The van der Waals surface area contributed by atoms with E-state index in [0.717, 1.165) is 6.54 Å². The number of nitrogens with one attached hydrogen (secondary N) is 2. The van der Waals surface area contributed by atoms with E-state index in [1.165, 1.54) is 24.0 Å². The molecule has 1 aromatic rings. The second kappa shape index (κ2) is 5.96. The van der Waals surface area contributed by atoms with Crippen molar-refractivity contribution in [3.63, 3.8) is 0 Å². The van der Waals surface area contributed by atoms with Crippen LogP contribution < -0.4 is 10.6 Å². The van der Waals surface area contributed by atoms with Crippen molar-refractivity contribution in [1.29, 1.82) is 0 Å². The monoisotopic (exact) mass is 274 g/mol. The Balaban J connectivity index is 1.79. The lowest BCUT2D eigenvalue weighted by Crippen LogP contribution is -2.48. The summed E-state index contributed by atoms with van der Waals surface area (Å²) in [5, 5.41) is 6.26. The molecule has 3 nitrogen and oxygen atoms in total. The zero-order valence-electron chi connectivity index (χ0n) is 13.0. The summed E-state index contributed by atoms with van der Waals surface area (Å²) in [6, 6.07) is 9.34. The van der Waals surface area contributed by atoms with Crippen LogP contribution in [0.2, 0.25) is 0 Å². The normalized spacial score (nSPS) is 22.2. The van der Waals surface area contributed by atoms with Crippen molar-refractivity contribution >= 4 is 5.91 Å². The van der Waals surface area contributed by atoms with Gasteiger partial charge < -0.3 is 10.6 Å². The number of aryl methyl sites for hydroxylation is 1. The third-order valence-electron chi connectivity index (χ3n) is 4.33. The van der Waals surface area contributed by atoms with Crippen LogP contribution in [0.1, 0.15) is 43.7 Å². The van der Waals surface area contributed by atoms with Crippen LogP contribution in [0.3, 0.4) is 0 Å². The van der Waals surface area contributed by atoms with E-state index in [1.54, 1.807) is 7.05 Å². The maximum atomic E-state index is 11.7. The predicted octanol–water partition coefficient (Wildman–Crippen LogP) is 2.60. The fourth-order valence-corrected chi connectivity index (χ4v) is 2.80. The van der Waals surface area contributed by atoms with Crippen molar-refractivity contribution in [2.24, 2.45) is 5.41 Å². The van der Waals surface area contributed by atoms with E-state index in [4.69, 9.17) is 0 Å². The lowest BCUT2D eigenvalue weighted by atomic mass is 9.75. The van der Waals surface area contributed by atoms with E-state index in [1.807, 2.05) is 13.8 Å². The molecule has 1 fully saturated rings. The highest BCUT2D eigenvalue weighted by Gasteiger charge is 2.33. The summed E-state index contributed by atoms with van der Waals surface area (Å²) < 4.78 is 0. The van der Waals surface area contributed by atoms with Gasteiger partial charge in [-0.1, -0.05) is 29.8 Å². The number of hydrogen-bond donors (Lipinski definition) is 2. The number of rotatable bonds is 5. The van der Waals surface area contributed by atoms with Crippen molar-refractivity contribution in [2.45, 2.75) is 45.6 Å². The Morgan fingerprint density at radius 3 is 2.65 bits per heavy atom. The van der Waals surface area contributed by atoms with Crippen LogP contribution in [0.4, 0.5) is 0 Å². The van der Waals surface area contributed by atoms with Crippen molar-refractivity contribution in [2.75, 3.05) is 13.6 Å². The fraction of sp³-hybridized carbons (Fsp3) is 0.588. The third kappa shape index (κ3) is 3.40. The minimum atomic E-state index is -0.344. The van der Waals surface area contributed by atoms with Crippen molar-refractivity contribution < 1.29 is 4.79 Å². The van der Waals surface area contributed by atoms with Gasteiger partial charge in [0.2, 0.25) is 5.91 Å². The maximum Gasteiger partial charge on any atom is 0.226 e. The maximum absolute atomic E-state index is 11.7. The van der Waals surface area contributed by atoms with E-state index < -0.39 is 0 Å². The minimum absolute atomic E-state index is 0.0968. The van der Waals surface area contributed by atoms with Crippen LogP contribution in [0, 0.1) is 12.3 Å². The summed E-state index contributed by atoms with van der Waals surface area (Å²) in [6.07, 6.45) is 2.35. The fourth-order valence-electron chi connectivity index (χ4n) is 2.80. The van der Waals surface area contributed by atoms with Gasteiger partial charge >= 0.3 is 0 Å². The summed E-state index contributed by atoms with van der Waals surface area (Å²) in [5.74, 6) is 0.773. The SMILES string of the molecule is CNC(=O)C(C)(C)CNC1CC(c2cccc(C)c2)C1. The third-order valence-corrected chi connectivity index (χ3v) is 4.33. The average molecular weight is 274 g/mol. The summed E-state index contributed by atoms with van der Waals surface area (Å²) >= 11 is 0. The van der Waals surface area contributed by atoms with Gasteiger partial charge in [-0.15, -0.1) is 0 Å². The van der Waals surface area contributed by atoms with Crippen LogP contribution in [0.15, 0.2) is 24.3 Å². The quantitative estimate of drug-likeness (QED) is 0.866. The lowest BCUT2D eigenvalue weighted by Gasteiger charge is -2.38. The highest BCUT2D eigenvalue weighted by molar-refractivity contribution is 5.81. The van der Waals surface area contributed by atoms with Gasteiger partial charge in [0.1, 0.15) is 0 Å². The number of carbonyl (C=O) groups is 1. The molecule has 1 aromatic carbocycles. The first-order valence-corrected chi connectivity index (χ1v) is 7.44. The molecule has 3 heteroatoms. The number of benzene rings is 1. The standard InChI is InChI=1S/C17H26N2O/c1-12-6-5-7-13(8-12)14-9-15(10-14)19-11-17(2,3)16(20)18-4/h5-8,14-15,19H,9-11H2,1-4H3,(H,18,20). The zero-order chi connectivity index (χ0) is 14.8. The largest absolute Gasteiger partial charge is 0.359 e. The van der Waals surface area contributed by atoms with Gasteiger partial charge in [0.15, 0.2) is 0 Å². The molecule has 1 aliphatic rings. The first-order valence-electron chi connectivity index (χ1n) is 7.44. The Labute approximate surface area is 122 Å². The van der Waals surface area contributed by atoms with E-state index in [-0.39, 0.29) is 11.3 Å². The number of hydrogen-bond acceptors (Lipinski definition) is 2. The molecule has 0 aromatic heterocycles. The molecule has 1 amide bonds. The average Bonchev–Trinajstić information content (AvgIpc) is 2.35. The second-order valence-corrected chi connectivity index (χ2v) is 6.62. The topological polar surface area (TPSA) is 41.1 Å². The summed E-state index contributed by atoms with van der Waals surface area (Å²) in [6.45, 7) is 6.84. The molecule has 0 atom stereocenters. The Kier molecular flexibility index (Phi) is 4.48. The summed E-state index contributed by atoms with van der Waals surface area (Å²) in [7, 11) is 1.70. The highest BCUT2D eigenvalue weighted by Crippen LogP contribution is 2.37. The Morgan fingerprint density at radius 1 is 1.35 bits per heavy atom. The van der Waals surface area contributed by atoms with Gasteiger partial charge in [-0.05, 0) is 45.1 Å². The second-order valence-electron chi connectivity index (χ2n) is 6.62. The Bertz CT molecular complexity index is 476. The van der Waals surface area contributed by atoms with Gasteiger partial charge in [-0.2, -0.15) is 0 Å². The van der Waals surface area contributed by atoms with Crippen LogP contribution in [-0.2, 0) is 4.79 Å². The smallest absolute Gasteiger partial charge is 0.226 e. The van der Waals surface area contributed by atoms with Gasteiger partial charge in [0.05, 0.1) is 5.41 Å². The molecule has 2 rings (SSSR count). The number of carbonyl (C=O) groups excluding carboxylic acids is 1. The van der Waals surface area contributed by atoms with E-state index in [9.17, 15) is 4.79 Å².